The molecule has 1 fully saturated rings. The lowest BCUT2D eigenvalue weighted by Gasteiger charge is -2.30. The van der Waals surface area contributed by atoms with Crippen LogP contribution in [0, 0.1) is 11.3 Å². The van der Waals surface area contributed by atoms with Gasteiger partial charge in [-0.3, -0.25) is 4.72 Å². The van der Waals surface area contributed by atoms with Crippen molar-refractivity contribution in [3.8, 4) is 29.1 Å². The van der Waals surface area contributed by atoms with Crippen molar-refractivity contribution in [3.05, 3.63) is 66.0 Å². The van der Waals surface area contributed by atoms with Gasteiger partial charge in [-0.15, -0.1) is 0 Å². The van der Waals surface area contributed by atoms with Gasteiger partial charge >= 0.3 is 6.01 Å². The highest BCUT2D eigenvalue weighted by Crippen LogP contribution is 2.44. The molecule has 190 valence electrons. The van der Waals surface area contributed by atoms with Gasteiger partial charge in [0.2, 0.25) is 10.0 Å². The third-order valence-electron chi connectivity index (χ3n) is 6.78. The van der Waals surface area contributed by atoms with Crippen LogP contribution in [0.1, 0.15) is 56.7 Å². The number of fused-ring (bicyclic) bond motifs is 1. The van der Waals surface area contributed by atoms with Gasteiger partial charge in [0.25, 0.3) is 0 Å². The Hall–Kier alpha value is -3.90. The molecule has 2 aromatic carbocycles. The summed E-state index contributed by atoms with van der Waals surface area (Å²) in [5.74, 6) is 0.674. The summed E-state index contributed by atoms with van der Waals surface area (Å²) in [4.78, 5) is 8.30. The van der Waals surface area contributed by atoms with Gasteiger partial charge in [0.05, 0.1) is 28.2 Å². The van der Waals surface area contributed by atoms with Gasteiger partial charge in [0, 0.05) is 29.9 Å². The van der Waals surface area contributed by atoms with E-state index in [0.717, 1.165) is 47.0 Å². The van der Waals surface area contributed by atoms with Gasteiger partial charge < -0.3 is 9.30 Å². The van der Waals surface area contributed by atoms with Crippen LogP contribution < -0.4 is 9.46 Å². The molecule has 37 heavy (non-hydrogen) atoms. The number of benzene rings is 2. The van der Waals surface area contributed by atoms with E-state index < -0.39 is 10.0 Å². The van der Waals surface area contributed by atoms with E-state index >= 15 is 0 Å². The molecule has 0 saturated heterocycles. The maximum absolute atomic E-state index is 12.4. The number of hydrogen-bond donors (Lipinski definition) is 1. The number of nitrogens with one attached hydrogen (secondary N) is 1. The van der Waals surface area contributed by atoms with Crippen molar-refractivity contribution >= 4 is 26.6 Å². The Kier molecular flexibility index (Phi) is 6.85. The number of rotatable bonds is 9. The van der Waals surface area contributed by atoms with Gasteiger partial charge in [0.1, 0.15) is 11.8 Å². The normalized spacial score (nSPS) is 13.8. The summed E-state index contributed by atoms with van der Waals surface area (Å²) in [6, 6.07) is 16.1. The quantitative estimate of drug-likeness (QED) is 0.284. The fourth-order valence-electron chi connectivity index (χ4n) is 4.84. The van der Waals surface area contributed by atoms with E-state index in [4.69, 9.17) is 4.74 Å². The van der Waals surface area contributed by atoms with Gasteiger partial charge in [0.15, 0.2) is 0 Å². The summed E-state index contributed by atoms with van der Waals surface area (Å²) < 4.78 is 35.7. The van der Waals surface area contributed by atoms with Gasteiger partial charge in [-0.05, 0) is 73.6 Å². The molecule has 0 radical (unpaired) electrons. The van der Waals surface area contributed by atoms with E-state index in [1.807, 2.05) is 50.2 Å². The minimum atomic E-state index is -3.41. The minimum absolute atomic E-state index is 0.0742. The number of aromatic nitrogens is 3. The molecule has 1 aliphatic rings. The predicted molar refractivity (Wildman–Crippen MR) is 144 cm³/mol. The van der Waals surface area contributed by atoms with Crippen LogP contribution in [0.5, 0.6) is 11.8 Å². The lowest BCUT2D eigenvalue weighted by molar-refractivity contribution is 0.324. The highest BCUT2D eigenvalue weighted by molar-refractivity contribution is 7.92. The zero-order valence-corrected chi connectivity index (χ0v) is 21.8. The molecular formula is C28H29N5O3S. The summed E-state index contributed by atoms with van der Waals surface area (Å²) in [5, 5.41) is 11.1. The molecule has 9 heteroatoms. The highest BCUT2D eigenvalue weighted by atomic mass is 32.2. The first-order valence-electron chi connectivity index (χ1n) is 12.6. The molecule has 2 aromatic heterocycles. The van der Waals surface area contributed by atoms with Crippen LogP contribution in [0.15, 0.2) is 54.9 Å². The number of nitriles is 1. The fourth-order valence-corrected chi connectivity index (χ4v) is 6.01. The SMILES string of the molecule is CCCS(=O)(=O)Nc1ccc(-c2c(C#N)c3ccc(Oc4ncccn4)cc3n2C2CCC2)cc1CC. The second-order valence-corrected chi connectivity index (χ2v) is 11.1. The summed E-state index contributed by atoms with van der Waals surface area (Å²) >= 11 is 0. The molecule has 4 aromatic rings. The van der Waals surface area contributed by atoms with Crippen molar-refractivity contribution in [2.45, 2.75) is 52.0 Å². The third-order valence-corrected chi connectivity index (χ3v) is 8.25. The van der Waals surface area contributed by atoms with Crippen LogP contribution in [-0.2, 0) is 16.4 Å². The first-order valence-corrected chi connectivity index (χ1v) is 14.3. The molecule has 0 amide bonds. The largest absolute Gasteiger partial charge is 0.424 e. The average molecular weight is 516 g/mol. The van der Waals surface area contributed by atoms with Crippen molar-refractivity contribution in [2.24, 2.45) is 0 Å². The Labute approximate surface area is 217 Å². The Balaban J connectivity index is 1.64. The lowest BCUT2D eigenvalue weighted by Crippen LogP contribution is -2.18. The van der Waals surface area contributed by atoms with Crippen molar-refractivity contribution in [1.29, 1.82) is 5.26 Å². The molecule has 0 atom stereocenters. The molecule has 0 bridgehead atoms. The maximum Gasteiger partial charge on any atom is 0.321 e. The molecule has 1 aliphatic carbocycles. The molecule has 8 nitrogen and oxygen atoms in total. The molecule has 2 heterocycles. The van der Waals surface area contributed by atoms with E-state index in [0.29, 0.717) is 29.8 Å². The molecule has 0 aliphatic heterocycles. The number of anilines is 1. The number of sulfonamides is 1. The van der Waals surface area contributed by atoms with Crippen molar-refractivity contribution < 1.29 is 13.2 Å². The zero-order chi connectivity index (χ0) is 26.0. The molecule has 1 N–H and O–H groups in total. The molecule has 0 spiro atoms. The van der Waals surface area contributed by atoms with E-state index in [9.17, 15) is 13.7 Å². The van der Waals surface area contributed by atoms with Crippen LogP contribution in [-0.4, -0.2) is 28.7 Å². The number of hydrogen-bond acceptors (Lipinski definition) is 6. The summed E-state index contributed by atoms with van der Waals surface area (Å²) in [7, 11) is -3.41. The standard InChI is InChI=1S/C28H29N5O3S/c1-3-15-37(34,35)32-25-12-9-20(16-19(25)4-2)27-24(18-29)23-11-10-22(36-28-30-13-6-14-31-28)17-26(23)33(27)21-7-5-8-21/h6,9-14,16-17,21,32H,3-5,7-8,15H2,1-2H3. The Morgan fingerprint density at radius 2 is 1.92 bits per heavy atom. The van der Waals surface area contributed by atoms with E-state index in [1.165, 1.54) is 0 Å². The first kappa shape index (κ1) is 24.8. The number of ether oxygens (including phenoxy) is 1. The monoisotopic (exact) mass is 515 g/mol. The maximum atomic E-state index is 12.4. The van der Waals surface area contributed by atoms with Crippen molar-refractivity contribution in [2.75, 3.05) is 10.5 Å². The topological polar surface area (TPSA) is 110 Å². The summed E-state index contributed by atoms with van der Waals surface area (Å²) in [5.41, 5.74) is 4.75. The van der Waals surface area contributed by atoms with Crippen LogP contribution in [0.25, 0.3) is 22.2 Å². The highest BCUT2D eigenvalue weighted by Gasteiger charge is 2.28. The van der Waals surface area contributed by atoms with Crippen LogP contribution in [0.2, 0.25) is 0 Å². The molecule has 1 saturated carbocycles. The molecule has 0 unspecified atom stereocenters. The molecular weight excluding hydrogens is 486 g/mol. The fraction of sp³-hybridized carbons (Fsp3) is 0.321. The van der Waals surface area contributed by atoms with E-state index in [1.54, 1.807) is 18.5 Å². The van der Waals surface area contributed by atoms with Crippen molar-refractivity contribution in [1.82, 2.24) is 14.5 Å². The second-order valence-electron chi connectivity index (χ2n) is 9.25. The summed E-state index contributed by atoms with van der Waals surface area (Å²) in [6.45, 7) is 3.84. The smallest absolute Gasteiger partial charge is 0.321 e. The Morgan fingerprint density at radius 1 is 1.14 bits per heavy atom. The van der Waals surface area contributed by atoms with E-state index in [-0.39, 0.29) is 17.8 Å². The predicted octanol–water partition coefficient (Wildman–Crippen LogP) is 6.20. The average Bonchev–Trinajstić information content (AvgIpc) is 3.17. The van der Waals surface area contributed by atoms with E-state index in [2.05, 4.69) is 25.3 Å². The number of nitrogens with zero attached hydrogens (tertiary/aromatic N) is 4. The Bertz CT molecular complexity index is 1590. The Morgan fingerprint density at radius 3 is 2.57 bits per heavy atom. The third kappa shape index (κ3) is 4.89. The first-order chi connectivity index (χ1) is 17.9. The van der Waals surface area contributed by atoms with Crippen LogP contribution in [0.4, 0.5) is 5.69 Å². The van der Waals surface area contributed by atoms with Gasteiger partial charge in [-0.2, -0.15) is 5.26 Å². The second kappa shape index (κ2) is 10.2. The molecule has 5 rings (SSSR count). The minimum Gasteiger partial charge on any atom is -0.424 e. The lowest BCUT2D eigenvalue weighted by atomic mass is 9.92. The van der Waals surface area contributed by atoms with Gasteiger partial charge in [-0.1, -0.05) is 19.9 Å². The van der Waals surface area contributed by atoms with Crippen molar-refractivity contribution in [3.63, 3.8) is 0 Å². The van der Waals surface area contributed by atoms with Gasteiger partial charge in [-0.25, -0.2) is 18.4 Å². The van der Waals surface area contributed by atoms with Crippen LogP contribution >= 0.6 is 0 Å². The van der Waals surface area contributed by atoms with Crippen LogP contribution in [0.3, 0.4) is 0 Å². The summed E-state index contributed by atoms with van der Waals surface area (Å²) in [6.07, 6.45) is 7.65. The number of aryl methyl sites for hydroxylation is 1. The zero-order valence-electron chi connectivity index (χ0n) is 20.9.